The van der Waals surface area contributed by atoms with Gasteiger partial charge in [0.1, 0.15) is 12.1 Å². The van der Waals surface area contributed by atoms with E-state index in [1.54, 1.807) is 53.4 Å². The Morgan fingerprint density at radius 2 is 1.88 bits per heavy atom. The predicted octanol–water partition coefficient (Wildman–Crippen LogP) is 3.17. The van der Waals surface area contributed by atoms with Gasteiger partial charge in [0.25, 0.3) is 5.91 Å². The lowest BCUT2D eigenvalue weighted by Crippen LogP contribution is -2.55. The molecule has 3 heterocycles. The van der Waals surface area contributed by atoms with Gasteiger partial charge in [0.15, 0.2) is 0 Å². The summed E-state index contributed by atoms with van der Waals surface area (Å²) in [5.74, 6) is -0.311. The van der Waals surface area contributed by atoms with Crippen molar-refractivity contribution >= 4 is 11.8 Å². The number of alkyl halides is 2. The smallest absolute Gasteiger partial charge is 0.320 e. The molecule has 2 atom stereocenters. The van der Waals surface area contributed by atoms with Gasteiger partial charge in [-0.1, -0.05) is 36.4 Å². The van der Waals surface area contributed by atoms with Gasteiger partial charge < -0.3 is 15.3 Å². The summed E-state index contributed by atoms with van der Waals surface area (Å²) in [6.07, 6.45) is 0.798. The van der Waals surface area contributed by atoms with Crippen LogP contribution in [-0.4, -0.2) is 43.6 Å². The van der Waals surface area contributed by atoms with Gasteiger partial charge in [0.05, 0.1) is 11.7 Å². The van der Waals surface area contributed by atoms with Crippen molar-refractivity contribution in [2.75, 3.05) is 0 Å². The number of hydrogen-bond donors (Lipinski definition) is 2. The molecular formula is C23H20F2N4O3. The Kier molecular flexibility index (Phi) is 4.97. The Bertz CT molecular complexity index is 1200. The van der Waals surface area contributed by atoms with E-state index >= 15 is 0 Å². The van der Waals surface area contributed by atoms with E-state index in [4.69, 9.17) is 0 Å². The average molecular weight is 438 g/mol. The number of nitrogens with zero attached hydrogens (tertiary/aromatic N) is 3. The topological polar surface area (TPSA) is 87.5 Å². The molecule has 2 N–H and O–H groups in total. The van der Waals surface area contributed by atoms with Crippen LogP contribution in [0.2, 0.25) is 0 Å². The molecule has 7 nitrogen and oxygen atoms in total. The zero-order chi connectivity index (χ0) is 22.4. The van der Waals surface area contributed by atoms with Gasteiger partial charge in [-0.25, -0.2) is 4.98 Å². The maximum absolute atomic E-state index is 13.7. The number of aliphatic hydroxyl groups is 1. The fraction of sp³-hybridized carbons (Fsp3) is 0.261. The quantitative estimate of drug-likeness (QED) is 0.655. The molecule has 164 valence electrons. The van der Waals surface area contributed by atoms with Crippen LogP contribution >= 0.6 is 0 Å². The van der Waals surface area contributed by atoms with Gasteiger partial charge in [-0.15, -0.1) is 0 Å². The van der Waals surface area contributed by atoms with E-state index in [1.165, 1.54) is 6.20 Å². The Morgan fingerprint density at radius 1 is 1.09 bits per heavy atom. The monoisotopic (exact) mass is 438 g/mol. The Hall–Kier alpha value is -3.59. The summed E-state index contributed by atoms with van der Waals surface area (Å²) in [5, 5.41) is 12.7. The van der Waals surface area contributed by atoms with Crippen LogP contribution in [0.1, 0.15) is 35.3 Å². The lowest BCUT2D eigenvalue weighted by molar-refractivity contribution is -0.129. The predicted molar refractivity (Wildman–Crippen MR) is 111 cm³/mol. The summed E-state index contributed by atoms with van der Waals surface area (Å²) in [4.78, 5) is 30.4. The Labute approximate surface area is 182 Å². The zero-order valence-corrected chi connectivity index (χ0v) is 16.9. The van der Waals surface area contributed by atoms with E-state index < -0.39 is 18.8 Å². The molecule has 5 rings (SSSR count). The summed E-state index contributed by atoms with van der Waals surface area (Å²) >= 11 is 0. The van der Waals surface area contributed by atoms with Gasteiger partial charge in [-0.3, -0.25) is 14.2 Å². The van der Waals surface area contributed by atoms with Crippen LogP contribution < -0.4 is 5.32 Å². The standard InChI is InChI=1S/C23H20F2N4O3/c24-23(25)29-12-17(26-20(29)13-4-2-1-3-5-13)14-6-7-16-15(10-14)11-28(22(16)32)18-8-9-19(30)27-21(18)31/h1-7,10,12,18,21,23,31H,8-9,11H2,(H,27,30). The highest BCUT2D eigenvalue weighted by molar-refractivity contribution is 5.99. The molecule has 2 amide bonds. The molecule has 0 saturated carbocycles. The molecule has 2 aromatic carbocycles. The van der Waals surface area contributed by atoms with E-state index in [0.717, 1.165) is 10.1 Å². The number of imidazole rings is 1. The van der Waals surface area contributed by atoms with Crippen LogP contribution in [0.15, 0.2) is 54.7 Å². The minimum absolute atomic E-state index is 0.162. The molecule has 1 fully saturated rings. The van der Waals surface area contributed by atoms with E-state index in [2.05, 4.69) is 10.3 Å². The number of piperidine rings is 1. The van der Waals surface area contributed by atoms with Gasteiger partial charge in [-0.2, -0.15) is 8.78 Å². The number of aliphatic hydroxyl groups excluding tert-OH is 1. The number of hydrogen-bond acceptors (Lipinski definition) is 4. The van der Waals surface area contributed by atoms with Crippen LogP contribution in [0.25, 0.3) is 22.6 Å². The summed E-state index contributed by atoms with van der Waals surface area (Å²) in [6, 6.07) is 13.4. The zero-order valence-electron chi connectivity index (χ0n) is 16.9. The summed E-state index contributed by atoms with van der Waals surface area (Å²) < 4.78 is 28.1. The van der Waals surface area contributed by atoms with E-state index in [1.807, 2.05) is 0 Å². The molecule has 2 aliphatic rings. The molecule has 1 aromatic heterocycles. The minimum atomic E-state index is -2.75. The number of rotatable bonds is 4. The summed E-state index contributed by atoms with van der Waals surface area (Å²) in [7, 11) is 0. The summed E-state index contributed by atoms with van der Waals surface area (Å²) in [6.45, 7) is -2.48. The first kappa shape index (κ1) is 20.3. The Morgan fingerprint density at radius 3 is 2.59 bits per heavy atom. The lowest BCUT2D eigenvalue weighted by Gasteiger charge is -2.35. The highest BCUT2D eigenvalue weighted by atomic mass is 19.3. The first-order valence-electron chi connectivity index (χ1n) is 10.3. The second-order valence-corrected chi connectivity index (χ2v) is 7.92. The molecule has 9 heteroatoms. The second kappa shape index (κ2) is 7.83. The molecular weight excluding hydrogens is 418 g/mol. The SMILES string of the molecule is O=C1CCC(N2Cc3cc(-c4cn(C(F)F)c(-c5ccccc5)n4)ccc3C2=O)C(O)N1. The fourth-order valence-electron chi connectivity index (χ4n) is 4.35. The molecule has 32 heavy (non-hydrogen) atoms. The number of carbonyl (C=O) groups is 2. The number of nitrogens with one attached hydrogen (secondary N) is 1. The first-order valence-corrected chi connectivity index (χ1v) is 10.3. The second-order valence-electron chi connectivity index (χ2n) is 7.92. The van der Waals surface area contributed by atoms with Crippen molar-refractivity contribution in [1.29, 1.82) is 0 Å². The number of carbonyl (C=O) groups excluding carboxylic acids is 2. The van der Waals surface area contributed by atoms with Crippen molar-refractivity contribution < 1.29 is 23.5 Å². The number of fused-ring (bicyclic) bond motifs is 1. The van der Waals surface area contributed by atoms with Crippen LogP contribution in [0, 0.1) is 0 Å². The number of benzene rings is 2. The molecule has 0 radical (unpaired) electrons. The normalized spacial score (nSPS) is 20.6. The minimum Gasteiger partial charge on any atom is -0.372 e. The van der Waals surface area contributed by atoms with Crippen molar-refractivity contribution in [3.8, 4) is 22.6 Å². The van der Waals surface area contributed by atoms with Crippen molar-refractivity contribution in [3.63, 3.8) is 0 Å². The van der Waals surface area contributed by atoms with Crippen molar-refractivity contribution in [2.24, 2.45) is 0 Å². The molecule has 2 unspecified atom stereocenters. The highest BCUT2D eigenvalue weighted by Crippen LogP contribution is 2.33. The van der Waals surface area contributed by atoms with Gasteiger partial charge in [0.2, 0.25) is 5.91 Å². The maximum atomic E-state index is 13.7. The van der Waals surface area contributed by atoms with Gasteiger partial charge in [0, 0.05) is 35.9 Å². The fourth-order valence-corrected chi connectivity index (χ4v) is 4.35. The number of halogens is 2. The molecule has 1 saturated heterocycles. The third-order valence-corrected chi connectivity index (χ3v) is 5.95. The van der Waals surface area contributed by atoms with Crippen molar-refractivity contribution in [1.82, 2.24) is 19.8 Å². The maximum Gasteiger partial charge on any atom is 0.320 e. The van der Waals surface area contributed by atoms with Crippen LogP contribution in [-0.2, 0) is 11.3 Å². The van der Waals surface area contributed by atoms with E-state index in [9.17, 15) is 23.5 Å². The number of amides is 2. The van der Waals surface area contributed by atoms with Crippen LogP contribution in [0.3, 0.4) is 0 Å². The molecule has 2 aliphatic heterocycles. The largest absolute Gasteiger partial charge is 0.372 e. The lowest BCUT2D eigenvalue weighted by atomic mass is 10.0. The van der Waals surface area contributed by atoms with Crippen LogP contribution in [0.5, 0.6) is 0 Å². The third kappa shape index (κ3) is 3.44. The Balaban J connectivity index is 1.46. The highest BCUT2D eigenvalue weighted by Gasteiger charge is 2.39. The summed E-state index contributed by atoms with van der Waals surface area (Å²) in [5.41, 5.74) is 2.80. The van der Waals surface area contributed by atoms with Gasteiger partial charge in [-0.05, 0) is 24.1 Å². The number of aromatic nitrogens is 2. The molecule has 3 aromatic rings. The van der Waals surface area contributed by atoms with E-state index in [0.29, 0.717) is 28.8 Å². The first-order chi connectivity index (χ1) is 15.4. The van der Waals surface area contributed by atoms with Crippen molar-refractivity contribution in [2.45, 2.75) is 38.2 Å². The molecule has 0 bridgehead atoms. The van der Waals surface area contributed by atoms with E-state index in [-0.39, 0.29) is 30.6 Å². The van der Waals surface area contributed by atoms with Crippen LogP contribution in [0.4, 0.5) is 8.78 Å². The van der Waals surface area contributed by atoms with Crippen molar-refractivity contribution in [3.05, 3.63) is 65.9 Å². The van der Waals surface area contributed by atoms with Gasteiger partial charge >= 0.3 is 6.55 Å². The average Bonchev–Trinajstić information content (AvgIpc) is 3.37. The molecule has 0 spiro atoms. The third-order valence-electron chi connectivity index (χ3n) is 5.95. The molecule has 0 aliphatic carbocycles.